The van der Waals surface area contributed by atoms with Gasteiger partial charge in [-0.05, 0) is 235 Å². The van der Waals surface area contributed by atoms with Crippen molar-refractivity contribution in [1.82, 2.24) is 25.6 Å². The van der Waals surface area contributed by atoms with E-state index in [4.69, 9.17) is 93.9 Å². The molecule has 6 unspecified atom stereocenters. The Labute approximate surface area is 728 Å². The van der Waals surface area contributed by atoms with Crippen LogP contribution in [0.3, 0.4) is 0 Å². The van der Waals surface area contributed by atoms with Gasteiger partial charge in [0.05, 0.1) is 112 Å². The van der Waals surface area contributed by atoms with Gasteiger partial charge in [0.15, 0.2) is 34.6 Å². The summed E-state index contributed by atoms with van der Waals surface area (Å²) in [5, 5.41) is 39.7. The van der Waals surface area contributed by atoms with Gasteiger partial charge >= 0.3 is 12.2 Å². The fourth-order valence-electron chi connectivity index (χ4n) is 13.1. The molecule has 123 heavy (non-hydrogen) atoms. The van der Waals surface area contributed by atoms with Crippen molar-refractivity contribution >= 4 is 58.6 Å². The van der Waals surface area contributed by atoms with E-state index in [9.17, 15) is 47.7 Å². The number of pyridine rings is 3. The molecule has 2 aliphatic rings. The lowest BCUT2D eigenvalue weighted by atomic mass is 9.87. The third-order valence-corrected chi connectivity index (χ3v) is 21.8. The summed E-state index contributed by atoms with van der Waals surface area (Å²) >= 11 is 18.1. The molecule has 12 rings (SSSR count). The van der Waals surface area contributed by atoms with E-state index in [1.165, 1.54) is 83.9 Å². The van der Waals surface area contributed by atoms with Gasteiger partial charge in [0.25, 0.3) is 0 Å². The van der Waals surface area contributed by atoms with E-state index >= 15 is 0 Å². The molecule has 10 aromatic rings. The van der Waals surface area contributed by atoms with Crippen LogP contribution in [0.2, 0.25) is 15.1 Å². The molecule has 23 nitrogen and oxygen atoms in total. The maximum Gasteiger partial charge on any atom is 0.408 e. The number of ether oxygens (including phenoxy) is 9. The number of ketones is 2. The molecule has 7 aromatic carbocycles. The number of hydrogen-bond donors (Lipinski definition) is 7. The maximum absolute atomic E-state index is 14.1. The second-order valence-corrected chi connectivity index (χ2v) is 33.0. The van der Waals surface area contributed by atoms with E-state index in [0.717, 1.165) is 36.8 Å². The van der Waals surface area contributed by atoms with Gasteiger partial charge in [0.1, 0.15) is 47.5 Å². The predicted octanol–water partition coefficient (Wildman–Crippen LogP) is 18.0. The Hall–Kier alpha value is -10.6. The Morgan fingerprint density at radius 1 is 0.439 bits per heavy atom. The normalized spacial score (nSPS) is 15.3. The van der Waals surface area contributed by atoms with Crippen LogP contribution in [0, 0.1) is 17.5 Å². The third-order valence-electron chi connectivity index (χ3n) is 20.9. The number of aromatic nitrogens is 3. The standard InChI is InChI=1S/C38H40ClFN2O7.C30H34ClFN2O5.C26H29ClFN3O4/c1-37(23-46-3,42-36(44)48-22-24-8-6-5-7-9-24)27-20-31(25-10-14-30(40)29(39)18-25)41-35(21-27)38(2,45)17-16-32(43)26-11-15-33(34(19-26)47-4)49-28-12-13-28;1-29(33,17-37-3)20-15-24(18-5-9-23(32)22(31)13-18)34-28(16-20)30(2,36)12-11-25(35)19-6-10-26(27(14-19)38-4)39-21-7-8-21;1-25(16-34-3,31-24(32)35-14-17-7-5-4-6-8-17)19-12-22(18-9-10-21(28)20(27)11-18)30-23(13-19)26(2,33)15-29/h5-11,14-15,18-21,28,45H,12-13,16-17,22-23H2,1-4H3,(H,42,44);5-6,9-10,13-16,21,36H,7-8,11-12,17,33H2,1-4H3;4-13,33H,14-16,29H2,1-3H3,(H,31,32). The van der Waals surface area contributed by atoms with Crippen molar-refractivity contribution in [2.45, 2.75) is 152 Å². The molecule has 0 radical (unpaired) electrons. The molecule has 6 atom stereocenters. The fraction of sp³-hybridized carbons (Fsp3) is 0.351. The van der Waals surface area contributed by atoms with Gasteiger partial charge in [-0.15, -0.1) is 0 Å². The zero-order valence-corrected chi connectivity index (χ0v) is 72.6. The van der Waals surface area contributed by atoms with E-state index in [2.05, 4.69) is 20.6 Å². The van der Waals surface area contributed by atoms with E-state index in [1.807, 2.05) is 60.7 Å². The molecule has 0 saturated heterocycles. The largest absolute Gasteiger partial charge is 0.493 e. The summed E-state index contributed by atoms with van der Waals surface area (Å²) in [4.78, 5) is 66.2. The second kappa shape index (κ2) is 41.7. The average Bonchev–Trinajstić information content (AvgIpc) is 1.68. The first-order valence-corrected chi connectivity index (χ1v) is 40.9. The zero-order chi connectivity index (χ0) is 89.2. The van der Waals surface area contributed by atoms with E-state index < -0.39 is 63.1 Å². The van der Waals surface area contributed by atoms with Crippen LogP contribution in [0.25, 0.3) is 33.8 Å². The van der Waals surface area contributed by atoms with E-state index in [-0.39, 0.29) is 115 Å². The topological polar surface area (TPSA) is 327 Å². The molecule has 2 amide bonds. The highest BCUT2D eigenvalue weighted by molar-refractivity contribution is 6.31. The minimum Gasteiger partial charge on any atom is -0.493 e. The van der Waals surface area contributed by atoms with Crippen LogP contribution < -0.4 is 41.0 Å². The van der Waals surface area contributed by atoms with Crippen LogP contribution in [0.5, 0.6) is 23.0 Å². The number of nitrogens with two attached hydrogens (primary N) is 2. The number of amides is 2. The first-order chi connectivity index (χ1) is 58.4. The zero-order valence-electron chi connectivity index (χ0n) is 70.4. The Morgan fingerprint density at radius 3 is 1.11 bits per heavy atom. The van der Waals surface area contributed by atoms with Crippen molar-refractivity contribution < 1.29 is 90.3 Å². The summed E-state index contributed by atoms with van der Waals surface area (Å²) in [6.45, 7) is 10.4. The molecule has 2 saturated carbocycles. The summed E-state index contributed by atoms with van der Waals surface area (Å²) in [6, 6.07) is 51.6. The summed E-state index contributed by atoms with van der Waals surface area (Å²) in [5.74, 6) is 0.0932. The fourth-order valence-corrected chi connectivity index (χ4v) is 13.6. The van der Waals surface area contributed by atoms with Crippen LogP contribution in [0.15, 0.2) is 188 Å². The van der Waals surface area contributed by atoms with Crippen LogP contribution in [-0.4, -0.2) is 128 Å². The number of aliphatic hydroxyl groups is 3. The Bertz CT molecular complexity index is 5360. The minimum atomic E-state index is -1.61. The SMILES string of the molecule is COCC(C)(N)c1cc(-c2ccc(F)c(Cl)c2)nc(C(C)(O)CCC(=O)c2ccc(OC3CC3)c(OC)c2)c1.COCC(C)(NC(=O)OCc1ccccc1)c1cc(-c2ccc(F)c(Cl)c2)nc(C(C)(O)CCC(=O)c2ccc(OC3CC3)c(OC)c2)c1.COCC(C)(NC(=O)OCc1ccccc1)c1cc(-c2ccc(F)c(Cl)c2)nc(C(C)(O)CN)c1. The number of Topliss-reactive ketones (excluding diaryl/α,β-unsaturated/α-hetero) is 2. The number of hydrogen-bond acceptors (Lipinski definition) is 21. The predicted molar refractivity (Wildman–Crippen MR) is 464 cm³/mol. The molecule has 9 N–H and O–H groups in total. The summed E-state index contributed by atoms with van der Waals surface area (Å²) in [6.07, 6.45) is 3.20. The van der Waals surface area contributed by atoms with Crippen LogP contribution in [0.4, 0.5) is 22.8 Å². The number of carbonyl (C=O) groups excluding carboxylic acids is 4. The summed E-state index contributed by atoms with van der Waals surface area (Å²) in [7, 11) is 7.62. The smallest absolute Gasteiger partial charge is 0.408 e. The van der Waals surface area contributed by atoms with E-state index in [1.54, 1.807) is 121 Å². The van der Waals surface area contributed by atoms with Gasteiger partial charge in [0.2, 0.25) is 0 Å². The van der Waals surface area contributed by atoms with E-state index in [0.29, 0.717) is 90.3 Å². The van der Waals surface area contributed by atoms with Crippen molar-refractivity contribution in [2.24, 2.45) is 11.5 Å². The molecule has 0 bridgehead atoms. The lowest BCUT2D eigenvalue weighted by Gasteiger charge is -2.32. The Balaban J connectivity index is 0.000000196. The monoisotopic (exact) mass is 1750 g/mol. The molecule has 2 fully saturated rings. The molecule has 3 aromatic heterocycles. The molecule has 0 spiro atoms. The van der Waals surface area contributed by atoms with Crippen molar-refractivity contribution in [3.63, 3.8) is 0 Å². The highest BCUT2D eigenvalue weighted by Gasteiger charge is 2.38. The van der Waals surface area contributed by atoms with Gasteiger partial charge < -0.3 is 80.1 Å². The number of benzene rings is 7. The van der Waals surface area contributed by atoms with Gasteiger partial charge in [-0.1, -0.05) is 95.5 Å². The molecule has 2 aliphatic carbocycles. The van der Waals surface area contributed by atoms with Gasteiger partial charge in [-0.3, -0.25) is 9.59 Å². The van der Waals surface area contributed by atoms with Crippen molar-refractivity contribution in [2.75, 3.05) is 61.9 Å². The Morgan fingerprint density at radius 2 is 0.780 bits per heavy atom. The lowest BCUT2D eigenvalue weighted by molar-refractivity contribution is 0.0393. The molecular weight excluding hydrogens is 1650 g/mol. The van der Waals surface area contributed by atoms with Gasteiger partial charge in [0, 0.05) is 68.5 Å². The number of methoxy groups -OCH3 is 5. The number of rotatable bonds is 36. The number of carbonyl (C=O) groups is 4. The number of alkyl carbamates (subject to hydrolysis) is 2. The first-order valence-electron chi connectivity index (χ1n) is 39.7. The lowest BCUT2D eigenvalue weighted by Crippen LogP contribution is -2.47. The molecule has 0 aliphatic heterocycles. The van der Waals surface area contributed by atoms with Crippen molar-refractivity contribution in [3.8, 4) is 56.8 Å². The highest BCUT2D eigenvalue weighted by Crippen LogP contribution is 2.41. The first kappa shape index (κ1) is 94.7. The Kier molecular flexibility index (Phi) is 32.1. The summed E-state index contributed by atoms with van der Waals surface area (Å²) < 4.78 is 91.4. The average molecular weight is 1750 g/mol. The van der Waals surface area contributed by atoms with Crippen LogP contribution in [0.1, 0.15) is 159 Å². The van der Waals surface area contributed by atoms with Gasteiger partial charge in [-0.2, -0.15) is 0 Å². The summed E-state index contributed by atoms with van der Waals surface area (Å²) in [5.41, 5.74) is 12.6. The van der Waals surface area contributed by atoms with Crippen LogP contribution in [-0.2, 0) is 70.3 Å². The van der Waals surface area contributed by atoms with Gasteiger partial charge in [-0.25, -0.2) is 37.7 Å². The molecule has 29 heteroatoms. The second-order valence-electron chi connectivity index (χ2n) is 31.8. The third kappa shape index (κ3) is 25.8. The molecule has 3 heterocycles. The maximum atomic E-state index is 14.1. The number of nitrogens with zero attached hydrogens (tertiary/aromatic N) is 3. The number of halogens is 6. The van der Waals surface area contributed by atoms with Crippen molar-refractivity contribution in [3.05, 3.63) is 277 Å². The minimum absolute atomic E-state index is 0.0119. The van der Waals surface area contributed by atoms with Crippen LogP contribution >= 0.6 is 34.8 Å². The number of nitrogens with one attached hydrogen (secondary N) is 2. The van der Waals surface area contributed by atoms with Crippen molar-refractivity contribution in [1.29, 1.82) is 0 Å². The molecular formula is C94H103Cl3F3N7O16. The quantitative estimate of drug-likeness (QED) is 0.0179. The molecule has 652 valence electrons. The highest BCUT2D eigenvalue weighted by atomic mass is 35.5.